The predicted octanol–water partition coefficient (Wildman–Crippen LogP) is 4.58. The molecule has 1 heterocycles. The van der Waals surface area contributed by atoms with Crippen molar-refractivity contribution in [3.05, 3.63) is 30.0 Å². The molecule has 0 unspecified atom stereocenters. The average Bonchev–Trinajstić information content (AvgIpc) is 2.45. The Bertz CT molecular complexity index is 578. The highest BCUT2D eigenvalue weighted by atomic mass is 16.5. The summed E-state index contributed by atoms with van der Waals surface area (Å²) in [6, 6.07) is 8.29. The fraction of sp³-hybridized carbons (Fsp3) is 0.471. The molecular weight excluding hydrogens is 248 g/mol. The number of aromatic nitrogens is 1. The molecule has 0 radical (unpaired) electrons. The van der Waals surface area contributed by atoms with Gasteiger partial charge in [-0.05, 0) is 43.5 Å². The van der Waals surface area contributed by atoms with Gasteiger partial charge < -0.3 is 10.1 Å². The minimum atomic E-state index is 0.424. The van der Waals surface area contributed by atoms with Gasteiger partial charge in [0.1, 0.15) is 5.75 Å². The molecule has 2 rings (SSSR count). The highest BCUT2D eigenvalue weighted by molar-refractivity contribution is 5.92. The molecule has 2 aromatic rings. The molecule has 0 aliphatic heterocycles. The second-order valence-corrected chi connectivity index (χ2v) is 5.31. The third kappa shape index (κ3) is 3.21. The molecule has 0 saturated carbocycles. The van der Waals surface area contributed by atoms with Crippen LogP contribution in [0.1, 0.15) is 45.7 Å². The van der Waals surface area contributed by atoms with Crippen LogP contribution >= 0.6 is 0 Å². The SMILES string of the molecule is CCCOc1ccc2nc(C(C)C)cc(NCC)c2c1. The molecule has 0 aliphatic rings. The van der Waals surface area contributed by atoms with Crippen molar-refractivity contribution in [2.24, 2.45) is 0 Å². The van der Waals surface area contributed by atoms with Gasteiger partial charge in [0.15, 0.2) is 0 Å². The number of nitrogens with zero attached hydrogens (tertiary/aromatic N) is 1. The van der Waals surface area contributed by atoms with Crippen molar-refractivity contribution in [3.63, 3.8) is 0 Å². The zero-order chi connectivity index (χ0) is 14.5. The number of nitrogens with one attached hydrogen (secondary N) is 1. The van der Waals surface area contributed by atoms with E-state index in [1.54, 1.807) is 0 Å². The Morgan fingerprint density at radius 1 is 1.20 bits per heavy atom. The minimum absolute atomic E-state index is 0.424. The Hall–Kier alpha value is -1.77. The lowest BCUT2D eigenvalue weighted by molar-refractivity contribution is 0.318. The number of hydrogen-bond donors (Lipinski definition) is 1. The Morgan fingerprint density at radius 2 is 2.00 bits per heavy atom. The van der Waals surface area contributed by atoms with Crippen molar-refractivity contribution in [2.45, 2.75) is 40.0 Å². The molecule has 0 atom stereocenters. The molecule has 1 aromatic heterocycles. The summed E-state index contributed by atoms with van der Waals surface area (Å²) in [5.74, 6) is 1.34. The summed E-state index contributed by atoms with van der Waals surface area (Å²) in [6.45, 7) is 10.2. The molecule has 20 heavy (non-hydrogen) atoms. The van der Waals surface area contributed by atoms with E-state index in [-0.39, 0.29) is 0 Å². The van der Waals surface area contributed by atoms with Crippen molar-refractivity contribution < 1.29 is 4.74 Å². The van der Waals surface area contributed by atoms with Crippen molar-refractivity contribution in [2.75, 3.05) is 18.5 Å². The van der Waals surface area contributed by atoms with Gasteiger partial charge >= 0.3 is 0 Å². The maximum absolute atomic E-state index is 5.72. The van der Waals surface area contributed by atoms with Gasteiger partial charge in [0.25, 0.3) is 0 Å². The van der Waals surface area contributed by atoms with Crippen molar-refractivity contribution in [1.29, 1.82) is 0 Å². The van der Waals surface area contributed by atoms with E-state index < -0.39 is 0 Å². The number of anilines is 1. The van der Waals surface area contributed by atoms with Crippen LogP contribution < -0.4 is 10.1 Å². The van der Waals surface area contributed by atoms with E-state index in [0.717, 1.165) is 47.6 Å². The van der Waals surface area contributed by atoms with E-state index in [1.807, 2.05) is 12.1 Å². The molecule has 108 valence electrons. The normalized spacial score (nSPS) is 11.1. The second-order valence-electron chi connectivity index (χ2n) is 5.31. The Kier molecular flexibility index (Phi) is 4.83. The molecule has 0 amide bonds. The summed E-state index contributed by atoms with van der Waals surface area (Å²) < 4.78 is 5.72. The van der Waals surface area contributed by atoms with Gasteiger partial charge in [-0.25, -0.2) is 0 Å². The molecule has 0 fully saturated rings. The summed E-state index contributed by atoms with van der Waals surface area (Å²) in [7, 11) is 0. The van der Waals surface area contributed by atoms with Crippen molar-refractivity contribution >= 4 is 16.6 Å². The standard InChI is InChI=1S/C17H24N2O/c1-5-9-20-13-7-8-15-14(10-13)17(18-6-2)11-16(19-15)12(3)4/h7-8,10-12H,5-6,9H2,1-4H3,(H,18,19). The van der Waals surface area contributed by atoms with E-state index in [0.29, 0.717) is 5.92 Å². The van der Waals surface area contributed by atoms with E-state index >= 15 is 0 Å². The largest absolute Gasteiger partial charge is 0.494 e. The molecule has 3 heteroatoms. The zero-order valence-electron chi connectivity index (χ0n) is 12.9. The van der Waals surface area contributed by atoms with Gasteiger partial charge in [-0.3, -0.25) is 4.98 Å². The van der Waals surface area contributed by atoms with Crippen molar-refractivity contribution in [3.8, 4) is 5.75 Å². The first kappa shape index (κ1) is 14.6. The van der Waals surface area contributed by atoms with Crippen LogP contribution in [0.25, 0.3) is 10.9 Å². The summed E-state index contributed by atoms with van der Waals surface area (Å²) in [5, 5.41) is 4.56. The molecule has 0 aliphatic carbocycles. The van der Waals surface area contributed by atoms with E-state index in [4.69, 9.17) is 9.72 Å². The first-order valence-corrected chi connectivity index (χ1v) is 7.47. The molecule has 1 N–H and O–H groups in total. The van der Waals surface area contributed by atoms with E-state index in [1.165, 1.54) is 0 Å². The van der Waals surface area contributed by atoms with Gasteiger partial charge in [0.2, 0.25) is 0 Å². The molecule has 0 bridgehead atoms. The number of fused-ring (bicyclic) bond motifs is 1. The topological polar surface area (TPSA) is 34.1 Å². The van der Waals surface area contributed by atoms with E-state index in [2.05, 4.69) is 45.1 Å². The molecular formula is C17H24N2O. The van der Waals surface area contributed by atoms with Crippen LogP contribution in [0.3, 0.4) is 0 Å². The number of pyridine rings is 1. The van der Waals surface area contributed by atoms with Crippen LogP contribution in [0.15, 0.2) is 24.3 Å². The summed E-state index contributed by atoms with van der Waals surface area (Å²) in [5.41, 5.74) is 3.29. The maximum Gasteiger partial charge on any atom is 0.120 e. The number of benzene rings is 1. The molecule has 1 aromatic carbocycles. The molecule has 0 spiro atoms. The van der Waals surface area contributed by atoms with Crippen LogP contribution in [0.2, 0.25) is 0 Å². The number of rotatable bonds is 6. The third-order valence-electron chi connectivity index (χ3n) is 3.23. The van der Waals surface area contributed by atoms with Gasteiger partial charge in [-0.1, -0.05) is 20.8 Å². The van der Waals surface area contributed by atoms with Gasteiger partial charge in [0.05, 0.1) is 12.1 Å². The summed E-state index contributed by atoms with van der Waals surface area (Å²) >= 11 is 0. The van der Waals surface area contributed by atoms with Gasteiger partial charge in [-0.15, -0.1) is 0 Å². The highest BCUT2D eigenvalue weighted by Crippen LogP contribution is 2.29. The van der Waals surface area contributed by atoms with Crippen LogP contribution in [0, 0.1) is 0 Å². The third-order valence-corrected chi connectivity index (χ3v) is 3.23. The van der Waals surface area contributed by atoms with Crippen molar-refractivity contribution in [1.82, 2.24) is 4.98 Å². The monoisotopic (exact) mass is 272 g/mol. The Morgan fingerprint density at radius 3 is 2.65 bits per heavy atom. The zero-order valence-corrected chi connectivity index (χ0v) is 12.9. The lowest BCUT2D eigenvalue weighted by atomic mass is 10.1. The molecule has 3 nitrogen and oxygen atoms in total. The Balaban J connectivity index is 2.49. The van der Waals surface area contributed by atoms with E-state index in [9.17, 15) is 0 Å². The predicted molar refractivity (Wildman–Crippen MR) is 85.8 cm³/mol. The second kappa shape index (κ2) is 6.60. The minimum Gasteiger partial charge on any atom is -0.494 e. The quantitative estimate of drug-likeness (QED) is 0.835. The maximum atomic E-state index is 5.72. The smallest absolute Gasteiger partial charge is 0.120 e. The summed E-state index contributed by atoms with van der Waals surface area (Å²) in [4.78, 5) is 4.74. The number of hydrogen-bond acceptors (Lipinski definition) is 3. The van der Waals surface area contributed by atoms with Crippen LogP contribution in [0.5, 0.6) is 5.75 Å². The lowest BCUT2D eigenvalue weighted by Crippen LogP contribution is -2.02. The fourth-order valence-corrected chi connectivity index (χ4v) is 2.17. The fourth-order valence-electron chi connectivity index (χ4n) is 2.17. The highest BCUT2D eigenvalue weighted by Gasteiger charge is 2.09. The van der Waals surface area contributed by atoms with Gasteiger partial charge in [0, 0.05) is 23.3 Å². The van der Waals surface area contributed by atoms with Crippen LogP contribution in [-0.4, -0.2) is 18.1 Å². The summed E-state index contributed by atoms with van der Waals surface area (Å²) in [6.07, 6.45) is 1.02. The first-order chi connectivity index (χ1) is 9.65. The lowest BCUT2D eigenvalue weighted by Gasteiger charge is -2.14. The first-order valence-electron chi connectivity index (χ1n) is 7.47. The average molecular weight is 272 g/mol. The molecule has 0 saturated heterocycles. The van der Waals surface area contributed by atoms with Crippen LogP contribution in [-0.2, 0) is 0 Å². The van der Waals surface area contributed by atoms with Crippen LogP contribution in [0.4, 0.5) is 5.69 Å². The Labute approximate surface area is 121 Å². The number of ether oxygens (including phenoxy) is 1. The van der Waals surface area contributed by atoms with Gasteiger partial charge in [-0.2, -0.15) is 0 Å².